The molecule has 2 aliphatic heterocycles. The van der Waals surface area contributed by atoms with Crippen LogP contribution in [0.5, 0.6) is 0 Å². The van der Waals surface area contributed by atoms with Gasteiger partial charge in [0.05, 0.1) is 45.8 Å². The van der Waals surface area contributed by atoms with E-state index in [1.54, 1.807) is 49.5 Å². The first-order valence-corrected chi connectivity index (χ1v) is 13.1. The largest absolute Gasteiger partial charge is 0.466 e. The van der Waals surface area contributed by atoms with E-state index < -0.39 is 38.9 Å². The third-order valence-electron chi connectivity index (χ3n) is 6.80. The number of nitro benzene ring substituents is 1. The first-order valence-electron chi connectivity index (χ1n) is 11.6. The number of carbonyl (C=O) groups is 2. The molecule has 0 aliphatic carbocycles. The summed E-state index contributed by atoms with van der Waals surface area (Å²) in [7, 11) is -1.47. The zero-order valence-electron chi connectivity index (χ0n) is 20.7. The Hall–Kier alpha value is -4.35. The van der Waals surface area contributed by atoms with E-state index in [9.17, 15) is 28.1 Å². The zero-order chi connectivity index (χ0) is 27.4. The quantitative estimate of drug-likeness (QED) is 0.156. The van der Waals surface area contributed by atoms with E-state index in [4.69, 9.17) is 4.74 Å². The lowest BCUT2D eigenvalue weighted by Crippen LogP contribution is -2.25. The smallest absolute Gasteiger partial charge is 0.336 e. The molecule has 11 heteroatoms. The van der Waals surface area contributed by atoms with Crippen LogP contribution in [0.15, 0.2) is 83.3 Å². The Labute approximate surface area is 218 Å². The van der Waals surface area contributed by atoms with Gasteiger partial charge in [-0.3, -0.25) is 14.9 Å². The van der Waals surface area contributed by atoms with Crippen LogP contribution in [0.25, 0.3) is 5.57 Å². The number of carbonyl (C=O) groups excluding carboxylic acids is 2. The van der Waals surface area contributed by atoms with Crippen LogP contribution in [0.1, 0.15) is 22.7 Å². The molecule has 10 nitrogen and oxygen atoms in total. The summed E-state index contributed by atoms with van der Waals surface area (Å²) in [4.78, 5) is 38.9. The second kappa shape index (κ2) is 9.19. The first-order chi connectivity index (χ1) is 18.1. The predicted octanol–water partition coefficient (Wildman–Crippen LogP) is 3.62. The summed E-state index contributed by atoms with van der Waals surface area (Å²) < 4.78 is 33.9. The highest BCUT2D eigenvalue weighted by atomic mass is 32.2. The molecule has 2 heterocycles. The fourth-order valence-corrected chi connectivity index (χ4v) is 6.61. The van der Waals surface area contributed by atoms with E-state index in [0.29, 0.717) is 16.8 Å². The lowest BCUT2D eigenvalue weighted by atomic mass is 9.95. The Morgan fingerprint density at radius 3 is 2.37 bits per heavy atom. The lowest BCUT2D eigenvalue weighted by Gasteiger charge is -2.11. The monoisotopic (exact) mass is 533 g/mol. The number of methoxy groups -OCH3 is 1. The average Bonchev–Trinajstić information content (AvgIpc) is 3.61. The number of nitro groups is 1. The highest BCUT2D eigenvalue weighted by Gasteiger charge is 2.61. The number of ether oxygens (including phenoxy) is 1. The van der Waals surface area contributed by atoms with Crippen LogP contribution in [0.2, 0.25) is 0 Å². The molecule has 0 bridgehead atoms. The molecule has 0 aromatic heterocycles. The number of para-hydroxylation sites is 1. The Bertz CT molecular complexity index is 1630. The third kappa shape index (κ3) is 3.96. The van der Waals surface area contributed by atoms with Crippen LogP contribution in [0.4, 0.5) is 11.4 Å². The van der Waals surface area contributed by atoms with Crippen LogP contribution in [0, 0.1) is 17.0 Å². The fourth-order valence-electron chi connectivity index (χ4n) is 4.89. The van der Waals surface area contributed by atoms with Crippen molar-refractivity contribution in [1.29, 1.82) is 0 Å². The molecule has 1 amide bonds. The predicted molar refractivity (Wildman–Crippen MR) is 139 cm³/mol. The van der Waals surface area contributed by atoms with Crippen LogP contribution in [-0.2, 0) is 24.3 Å². The van der Waals surface area contributed by atoms with Crippen LogP contribution in [-0.4, -0.2) is 49.7 Å². The highest BCUT2D eigenvalue weighted by molar-refractivity contribution is 7.89. The van der Waals surface area contributed by atoms with Crippen molar-refractivity contribution in [1.82, 2.24) is 4.31 Å². The summed E-state index contributed by atoms with van der Waals surface area (Å²) in [6.45, 7) is 1.82. The van der Waals surface area contributed by atoms with Crippen LogP contribution < -0.4 is 4.90 Å². The van der Waals surface area contributed by atoms with Crippen LogP contribution in [0.3, 0.4) is 0 Å². The van der Waals surface area contributed by atoms with Gasteiger partial charge in [-0.2, -0.15) is 4.31 Å². The van der Waals surface area contributed by atoms with Crippen molar-refractivity contribution in [3.8, 4) is 0 Å². The van der Waals surface area contributed by atoms with Gasteiger partial charge in [0, 0.05) is 24.7 Å². The summed E-state index contributed by atoms with van der Waals surface area (Å²) in [5.41, 5.74) is 1.89. The van der Waals surface area contributed by atoms with E-state index in [-0.39, 0.29) is 21.7 Å². The number of nitrogens with zero attached hydrogens (tertiary/aromatic N) is 3. The zero-order valence-corrected chi connectivity index (χ0v) is 21.5. The van der Waals surface area contributed by atoms with Gasteiger partial charge in [-0.25, -0.2) is 13.2 Å². The first kappa shape index (κ1) is 25.3. The van der Waals surface area contributed by atoms with Crippen molar-refractivity contribution in [2.24, 2.45) is 0 Å². The molecule has 3 atom stereocenters. The number of anilines is 1. The standard InChI is InChI=1S/C27H23N3O7S/c1-16-11-13-19(14-12-16)38(35,36)29-24(17-7-6-8-18(15-17)30(33)34)25(29)23(27(32)37-3)22-20-9-4-5-10-21(20)28(2)26(22)31/h4-15,24-25H,1-3H3/b23-22+/t24-,25+,29?/m0/s1. The molecular formula is C27H23N3O7S. The van der Waals surface area contributed by atoms with Gasteiger partial charge in [-0.15, -0.1) is 0 Å². The SMILES string of the molecule is COC(=O)/C(=C1/C(=O)N(C)c2ccccc21)[C@@H]1[C@H](c2cccc([N+](=O)[O-])c2)N1S(=O)(=O)c1ccc(C)cc1. The van der Waals surface area contributed by atoms with Crippen molar-refractivity contribution in [3.63, 3.8) is 0 Å². The van der Waals surface area contributed by atoms with Crippen molar-refractivity contribution in [2.45, 2.75) is 23.9 Å². The van der Waals surface area contributed by atoms with E-state index >= 15 is 0 Å². The summed E-state index contributed by atoms with van der Waals surface area (Å²) in [5, 5.41) is 11.5. The Morgan fingerprint density at radius 1 is 1.03 bits per heavy atom. The molecule has 1 fully saturated rings. The van der Waals surface area contributed by atoms with Gasteiger partial charge in [0.25, 0.3) is 11.6 Å². The summed E-state index contributed by atoms with van der Waals surface area (Å²) in [6.07, 6.45) is 0. The molecule has 2 aliphatic rings. The van der Waals surface area contributed by atoms with Crippen LogP contribution >= 0.6 is 0 Å². The topological polar surface area (TPSA) is 127 Å². The van der Waals surface area contributed by atoms with E-state index in [2.05, 4.69) is 0 Å². The van der Waals surface area contributed by atoms with Gasteiger partial charge in [0.15, 0.2) is 0 Å². The number of likely N-dealkylation sites (N-methyl/N-ethyl adjacent to an activating group) is 1. The number of hydrogen-bond donors (Lipinski definition) is 0. The maximum atomic E-state index is 13.9. The molecule has 38 heavy (non-hydrogen) atoms. The molecule has 0 radical (unpaired) electrons. The fraction of sp³-hybridized carbons (Fsp3) is 0.185. The van der Waals surface area contributed by atoms with Crippen molar-refractivity contribution in [3.05, 3.63) is 105 Å². The molecule has 3 aromatic carbocycles. The van der Waals surface area contributed by atoms with E-state index in [1.807, 2.05) is 6.92 Å². The summed E-state index contributed by atoms with van der Waals surface area (Å²) >= 11 is 0. The number of fused-ring (bicyclic) bond motifs is 1. The van der Waals surface area contributed by atoms with E-state index in [0.717, 1.165) is 17.0 Å². The Kier molecular flexibility index (Phi) is 6.12. The number of amides is 1. The summed E-state index contributed by atoms with van der Waals surface area (Å²) in [5.74, 6) is -1.34. The number of benzene rings is 3. The number of aryl methyl sites for hydroxylation is 1. The normalized spacial score (nSPS) is 21.6. The number of non-ortho nitro benzene ring substituents is 1. The van der Waals surface area contributed by atoms with Gasteiger partial charge in [0.2, 0.25) is 10.0 Å². The van der Waals surface area contributed by atoms with E-state index in [1.165, 1.54) is 35.2 Å². The molecule has 1 saturated heterocycles. The minimum Gasteiger partial charge on any atom is -0.466 e. The van der Waals surface area contributed by atoms with Gasteiger partial charge in [0.1, 0.15) is 0 Å². The molecule has 1 unspecified atom stereocenters. The minimum absolute atomic E-state index is 0.00878. The van der Waals surface area contributed by atoms with Gasteiger partial charge < -0.3 is 9.64 Å². The molecule has 0 saturated carbocycles. The van der Waals surface area contributed by atoms with Gasteiger partial charge in [-0.1, -0.05) is 48.0 Å². The number of sulfonamides is 1. The number of esters is 1. The van der Waals surface area contributed by atoms with Gasteiger partial charge in [-0.05, 0) is 30.7 Å². The molecule has 3 aromatic rings. The van der Waals surface area contributed by atoms with Gasteiger partial charge >= 0.3 is 5.97 Å². The maximum Gasteiger partial charge on any atom is 0.336 e. The molecular weight excluding hydrogens is 510 g/mol. The molecule has 0 spiro atoms. The van der Waals surface area contributed by atoms with Crippen molar-refractivity contribution in [2.75, 3.05) is 19.1 Å². The summed E-state index contributed by atoms with van der Waals surface area (Å²) in [6, 6.07) is 16.6. The molecule has 194 valence electrons. The van der Waals surface area contributed by atoms with Crippen molar-refractivity contribution >= 4 is 38.8 Å². The minimum atomic E-state index is -4.19. The maximum absolute atomic E-state index is 13.9. The average molecular weight is 534 g/mol. The second-order valence-corrected chi connectivity index (χ2v) is 10.9. The number of hydrogen-bond acceptors (Lipinski definition) is 7. The lowest BCUT2D eigenvalue weighted by molar-refractivity contribution is -0.384. The highest BCUT2D eigenvalue weighted by Crippen LogP contribution is 2.54. The third-order valence-corrected chi connectivity index (χ3v) is 8.68. The Balaban J connectivity index is 1.74. The Morgan fingerprint density at radius 2 is 1.71 bits per heavy atom. The number of rotatable bonds is 6. The second-order valence-electron chi connectivity index (χ2n) is 9.05. The molecule has 5 rings (SSSR count). The van der Waals surface area contributed by atoms with Crippen molar-refractivity contribution < 1.29 is 27.7 Å². The molecule has 0 N–H and O–H groups in total.